The Morgan fingerprint density at radius 3 is 3.13 bits per heavy atom. The van der Waals surface area contributed by atoms with Crippen LogP contribution in [0.15, 0.2) is 30.5 Å². The molecule has 0 radical (unpaired) electrons. The topological polar surface area (TPSA) is 24.9 Å². The lowest BCUT2D eigenvalue weighted by atomic mass is 9.94. The van der Waals surface area contributed by atoms with E-state index >= 15 is 0 Å². The van der Waals surface area contributed by atoms with Crippen molar-refractivity contribution in [2.75, 3.05) is 11.9 Å². The first-order valence-electron chi connectivity index (χ1n) is 5.35. The van der Waals surface area contributed by atoms with Crippen molar-refractivity contribution in [1.29, 1.82) is 0 Å². The average Bonchev–Trinajstić information content (AvgIpc) is 2.28. The van der Waals surface area contributed by atoms with Crippen molar-refractivity contribution >= 4 is 17.3 Å². The summed E-state index contributed by atoms with van der Waals surface area (Å²) in [4.78, 5) is 3.95. The van der Waals surface area contributed by atoms with Gasteiger partial charge in [0.05, 0.1) is 0 Å². The van der Waals surface area contributed by atoms with Crippen LogP contribution in [0.25, 0.3) is 0 Å². The predicted octanol–water partition coefficient (Wildman–Crippen LogP) is 3.50. The van der Waals surface area contributed by atoms with Crippen LogP contribution in [-0.4, -0.2) is 11.5 Å². The van der Waals surface area contributed by atoms with Gasteiger partial charge in [-0.05, 0) is 37.3 Å². The zero-order chi connectivity index (χ0) is 10.5. The smallest absolute Gasteiger partial charge is 0.131 e. The van der Waals surface area contributed by atoms with Crippen LogP contribution in [0.1, 0.15) is 19.3 Å². The number of pyridine rings is 1. The zero-order valence-corrected chi connectivity index (χ0v) is 9.37. The van der Waals surface area contributed by atoms with Gasteiger partial charge in [0.25, 0.3) is 0 Å². The second-order valence-corrected chi connectivity index (χ2v) is 4.29. The molecule has 0 saturated heterocycles. The first kappa shape index (κ1) is 10.5. The summed E-state index contributed by atoms with van der Waals surface area (Å²) in [7, 11) is 0. The Labute approximate surface area is 95.4 Å². The summed E-state index contributed by atoms with van der Waals surface area (Å²) in [6, 6.07) is 3.81. The SMILES string of the molecule is Clc1cc(NCC2CC=CCC2)ccn1. The van der Waals surface area contributed by atoms with Crippen LogP contribution in [0, 0.1) is 5.92 Å². The maximum absolute atomic E-state index is 5.80. The lowest BCUT2D eigenvalue weighted by Gasteiger charge is -2.18. The van der Waals surface area contributed by atoms with Crippen molar-refractivity contribution < 1.29 is 0 Å². The minimum absolute atomic E-state index is 0.545. The van der Waals surface area contributed by atoms with Gasteiger partial charge < -0.3 is 5.32 Å². The minimum Gasteiger partial charge on any atom is -0.385 e. The van der Waals surface area contributed by atoms with E-state index in [-0.39, 0.29) is 0 Å². The molecule has 1 aromatic heterocycles. The number of halogens is 1. The Hall–Kier alpha value is -1.02. The molecule has 1 atom stereocenters. The molecule has 2 nitrogen and oxygen atoms in total. The third kappa shape index (κ3) is 3.24. The first-order chi connectivity index (χ1) is 7.34. The van der Waals surface area contributed by atoms with Crippen molar-refractivity contribution in [3.63, 3.8) is 0 Å². The van der Waals surface area contributed by atoms with Crippen LogP contribution < -0.4 is 5.32 Å². The molecular formula is C12H15ClN2. The largest absolute Gasteiger partial charge is 0.385 e. The maximum Gasteiger partial charge on any atom is 0.131 e. The summed E-state index contributed by atoms with van der Waals surface area (Å²) in [6.07, 6.45) is 9.94. The Bertz CT molecular complexity index is 349. The zero-order valence-electron chi connectivity index (χ0n) is 8.62. The number of nitrogens with one attached hydrogen (secondary N) is 1. The van der Waals surface area contributed by atoms with Gasteiger partial charge in [0.1, 0.15) is 5.15 Å². The fourth-order valence-electron chi connectivity index (χ4n) is 1.82. The molecule has 2 rings (SSSR count). The molecule has 3 heteroatoms. The second kappa shape index (κ2) is 5.17. The first-order valence-corrected chi connectivity index (χ1v) is 5.73. The number of aromatic nitrogens is 1. The molecule has 0 amide bonds. The Balaban J connectivity index is 1.84. The summed E-state index contributed by atoms with van der Waals surface area (Å²) in [5.74, 6) is 0.752. The van der Waals surface area contributed by atoms with Crippen molar-refractivity contribution in [3.05, 3.63) is 35.6 Å². The highest BCUT2D eigenvalue weighted by molar-refractivity contribution is 6.29. The van der Waals surface area contributed by atoms with Crippen LogP contribution >= 0.6 is 11.6 Å². The van der Waals surface area contributed by atoms with Gasteiger partial charge in [0, 0.05) is 18.4 Å². The standard InChI is InChI=1S/C12H15ClN2/c13-12-8-11(6-7-14-12)15-9-10-4-2-1-3-5-10/h1-2,6-8,10H,3-5,9H2,(H,14,15). The maximum atomic E-state index is 5.80. The van der Waals surface area contributed by atoms with E-state index in [1.165, 1.54) is 19.3 Å². The molecule has 0 fully saturated rings. The third-order valence-corrected chi connectivity index (χ3v) is 2.91. The van der Waals surface area contributed by atoms with E-state index in [1.807, 2.05) is 12.1 Å². The normalized spacial score (nSPS) is 20.2. The Kier molecular flexibility index (Phi) is 3.62. The van der Waals surface area contributed by atoms with Crippen molar-refractivity contribution in [2.24, 2.45) is 5.92 Å². The Morgan fingerprint density at radius 1 is 1.47 bits per heavy atom. The molecule has 0 bridgehead atoms. The molecule has 1 heterocycles. The van der Waals surface area contributed by atoms with Crippen molar-refractivity contribution in [2.45, 2.75) is 19.3 Å². The quantitative estimate of drug-likeness (QED) is 0.626. The van der Waals surface area contributed by atoms with Gasteiger partial charge in [-0.25, -0.2) is 4.98 Å². The van der Waals surface area contributed by atoms with Gasteiger partial charge in [-0.1, -0.05) is 23.8 Å². The van der Waals surface area contributed by atoms with Gasteiger partial charge in [0.2, 0.25) is 0 Å². The van der Waals surface area contributed by atoms with Gasteiger partial charge in [-0.2, -0.15) is 0 Å². The molecule has 0 spiro atoms. The molecule has 1 aliphatic rings. The van der Waals surface area contributed by atoms with Crippen LogP contribution in [0.4, 0.5) is 5.69 Å². The van der Waals surface area contributed by atoms with Gasteiger partial charge in [0.15, 0.2) is 0 Å². The van der Waals surface area contributed by atoms with Gasteiger partial charge >= 0.3 is 0 Å². The van der Waals surface area contributed by atoms with E-state index in [1.54, 1.807) is 6.20 Å². The number of anilines is 1. The molecule has 0 saturated carbocycles. The molecule has 80 valence electrons. The van der Waals surface area contributed by atoms with Crippen LogP contribution in [0.5, 0.6) is 0 Å². The van der Waals surface area contributed by atoms with Gasteiger partial charge in [-0.15, -0.1) is 0 Å². The lowest BCUT2D eigenvalue weighted by Crippen LogP contribution is -2.15. The van der Waals surface area contributed by atoms with Gasteiger partial charge in [-0.3, -0.25) is 0 Å². The Morgan fingerprint density at radius 2 is 2.40 bits per heavy atom. The summed E-state index contributed by atoms with van der Waals surface area (Å²) in [5, 5.41) is 3.94. The van der Waals surface area contributed by atoms with Crippen LogP contribution in [0.3, 0.4) is 0 Å². The van der Waals surface area contributed by atoms with E-state index in [2.05, 4.69) is 22.5 Å². The lowest BCUT2D eigenvalue weighted by molar-refractivity contribution is 0.504. The van der Waals surface area contributed by atoms with E-state index in [0.717, 1.165) is 18.2 Å². The minimum atomic E-state index is 0.545. The molecule has 1 unspecified atom stereocenters. The molecule has 1 aromatic rings. The van der Waals surface area contributed by atoms with Crippen molar-refractivity contribution in [1.82, 2.24) is 4.98 Å². The second-order valence-electron chi connectivity index (χ2n) is 3.90. The monoisotopic (exact) mass is 222 g/mol. The fraction of sp³-hybridized carbons (Fsp3) is 0.417. The van der Waals surface area contributed by atoms with E-state index in [4.69, 9.17) is 11.6 Å². The number of rotatable bonds is 3. The summed E-state index contributed by atoms with van der Waals surface area (Å²) < 4.78 is 0. The number of hydrogen-bond donors (Lipinski definition) is 1. The average molecular weight is 223 g/mol. The van der Waals surface area contributed by atoms with E-state index in [9.17, 15) is 0 Å². The summed E-state index contributed by atoms with van der Waals surface area (Å²) in [5.41, 5.74) is 1.06. The number of allylic oxidation sites excluding steroid dienone is 2. The predicted molar refractivity (Wildman–Crippen MR) is 64.2 cm³/mol. The number of hydrogen-bond acceptors (Lipinski definition) is 2. The molecule has 0 aliphatic heterocycles. The van der Waals surface area contributed by atoms with Crippen LogP contribution in [0.2, 0.25) is 5.15 Å². The highest BCUT2D eigenvalue weighted by Crippen LogP contribution is 2.19. The molecular weight excluding hydrogens is 208 g/mol. The van der Waals surface area contributed by atoms with Crippen molar-refractivity contribution in [3.8, 4) is 0 Å². The van der Waals surface area contributed by atoms with E-state index < -0.39 is 0 Å². The molecule has 1 aliphatic carbocycles. The highest BCUT2D eigenvalue weighted by atomic mass is 35.5. The van der Waals surface area contributed by atoms with Crippen LogP contribution in [-0.2, 0) is 0 Å². The molecule has 0 aromatic carbocycles. The summed E-state index contributed by atoms with van der Waals surface area (Å²) >= 11 is 5.80. The van der Waals surface area contributed by atoms with E-state index in [0.29, 0.717) is 5.15 Å². The number of nitrogens with zero attached hydrogens (tertiary/aromatic N) is 1. The highest BCUT2D eigenvalue weighted by Gasteiger charge is 2.09. The molecule has 15 heavy (non-hydrogen) atoms. The molecule has 1 N–H and O–H groups in total. The summed E-state index contributed by atoms with van der Waals surface area (Å²) in [6.45, 7) is 1.02. The fourth-order valence-corrected chi connectivity index (χ4v) is 1.99. The third-order valence-electron chi connectivity index (χ3n) is 2.70.